The molecule has 0 bridgehead atoms. The fraction of sp³-hybridized carbons (Fsp3) is 0.333. The van der Waals surface area contributed by atoms with E-state index in [-0.39, 0.29) is 29.7 Å². The summed E-state index contributed by atoms with van der Waals surface area (Å²) in [4.78, 5) is 12.7. The van der Waals surface area contributed by atoms with Crippen molar-refractivity contribution in [1.29, 1.82) is 0 Å². The van der Waals surface area contributed by atoms with E-state index in [4.69, 9.17) is 5.73 Å². The van der Waals surface area contributed by atoms with E-state index < -0.39 is 0 Å². The molecule has 1 unspecified atom stereocenters. The predicted octanol–water partition coefficient (Wildman–Crippen LogP) is 2.34. The summed E-state index contributed by atoms with van der Waals surface area (Å²) in [7, 11) is 0. The van der Waals surface area contributed by atoms with E-state index >= 15 is 0 Å². The number of benzene rings is 1. The zero-order valence-corrected chi connectivity index (χ0v) is 13.2. The number of aromatic amines is 1. The highest BCUT2D eigenvalue weighted by molar-refractivity contribution is 6.03. The van der Waals surface area contributed by atoms with Gasteiger partial charge < -0.3 is 10.3 Å². The van der Waals surface area contributed by atoms with Crippen LogP contribution in [0, 0.1) is 18.7 Å². The molecule has 0 radical (unpaired) electrons. The van der Waals surface area contributed by atoms with Crippen LogP contribution < -0.4 is 11.3 Å². The number of hydrogen-bond acceptors (Lipinski definition) is 3. The average molecular weight is 325 g/mol. The minimum Gasteiger partial charge on any atom is -0.330 e. The molecule has 0 amide bonds. The van der Waals surface area contributed by atoms with E-state index in [2.05, 4.69) is 10.2 Å². The van der Waals surface area contributed by atoms with Gasteiger partial charge in [-0.3, -0.25) is 9.89 Å². The Kier molecular flexibility index (Phi) is 4.53. The van der Waals surface area contributed by atoms with Crippen molar-refractivity contribution >= 4 is 34.2 Å². The molecule has 3 rings (SSSR count). The number of aryl methyl sites for hydroxylation is 1. The molecule has 0 aliphatic rings. The fourth-order valence-corrected chi connectivity index (χ4v) is 2.63. The standard InChI is InChI=1S/C15H17FN4O.ClH/c1-8(6-17)7-20-12-4-3-10(16)5-11(12)14-13(15(20)21)9(2)18-19-14;/h3-5,8H,6-7,17H2,1-2H3,(H,18,19);1H. The highest BCUT2D eigenvalue weighted by Crippen LogP contribution is 2.24. The molecule has 22 heavy (non-hydrogen) atoms. The van der Waals surface area contributed by atoms with Crippen LogP contribution in [0.2, 0.25) is 0 Å². The van der Waals surface area contributed by atoms with Gasteiger partial charge in [0.05, 0.1) is 10.9 Å². The molecule has 0 aliphatic heterocycles. The van der Waals surface area contributed by atoms with E-state index in [0.717, 1.165) is 0 Å². The van der Waals surface area contributed by atoms with Crippen LogP contribution in [0.5, 0.6) is 0 Å². The fourth-order valence-electron chi connectivity index (χ4n) is 2.63. The molecule has 0 spiro atoms. The lowest BCUT2D eigenvalue weighted by atomic mass is 10.1. The van der Waals surface area contributed by atoms with E-state index in [9.17, 15) is 9.18 Å². The van der Waals surface area contributed by atoms with E-state index in [1.165, 1.54) is 12.1 Å². The molecule has 5 nitrogen and oxygen atoms in total. The Morgan fingerprint density at radius 1 is 1.45 bits per heavy atom. The lowest BCUT2D eigenvalue weighted by molar-refractivity contribution is 0.494. The monoisotopic (exact) mass is 324 g/mol. The summed E-state index contributed by atoms with van der Waals surface area (Å²) in [5.41, 5.74) is 7.44. The largest absolute Gasteiger partial charge is 0.330 e. The van der Waals surface area contributed by atoms with Crippen molar-refractivity contribution < 1.29 is 4.39 Å². The van der Waals surface area contributed by atoms with Gasteiger partial charge in [0.2, 0.25) is 0 Å². The van der Waals surface area contributed by atoms with Crippen LogP contribution in [0.3, 0.4) is 0 Å². The maximum absolute atomic E-state index is 13.6. The average Bonchev–Trinajstić information content (AvgIpc) is 2.85. The number of nitrogens with zero attached hydrogens (tertiary/aromatic N) is 2. The molecule has 0 aliphatic carbocycles. The number of hydrogen-bond donors (Lipinski definition) is 2. The van der Waals surface area contributed by atoms with Crippen molar-refractivity contribution in [2.45, 2.75) is 20.4 Å². The Labute approximate surface area is 132 Å². The van der Waals surface area contributed by atoms with Crippen LogP contribution in [-0.4, -0.2) is 21.3 Å². The Morgan fingerprint density at radius 2 is 2.18 bits per heavy atom. The second-order valence-electron chi connectivity index (χ2n) is 5.49. The zero-order chi connectivity index (χ0) is 15.1. The van der Waals surface area contributed by atoms with E-state index in [0.29, 0.717) is 40.6 Å². The molecule has 1 aromatic carbocycles. The third-order valence-electron chi connectivity index (χ3n) is 3.81. The first kappa shape index (κ1) is 16.5. The molecule has 118 valence electrons. The normalized spacial score (nSPS) is 12.5. The molecular weight excluding hydrogens is 307 g/mol. The van der Waals surface area contributed by atoms with Crippen LogP contribution >= 0.6 is 12.4 Å². The van der Waals surface area contributed by atoms with Gasteiger partial charge in [-0.2, -0.15) is 5.10 Å². The topological polar surface area (TPSA) is 76.7 Å². The summed E-state index contributed by atoms with van der Waals surface area (Å²) < 4.78 is 15.3. The van der Waals surface area contributed by atoms with Gasteiger partial charge in [0, 0.05) is 17.6 Å². The molecule has 0 saturated carbocycles. The molecule has 3 N–H and O–H groups in total. The summed E-state index contributed by atoms with van der Waals surface area (Å²) in [6.07, 6.45) is 0. The van der Waals surface area contributed by atoms with Crippen molar-refractivity contribution in [3.05, 3.63) is 40.1 Å². The molecule has 2 aromatic heterocycles. The summed E-state index contributed by atoms with van der Waals surface area (Å²) in [5, 5.41) is 8.12. The molecule has 3 aromatic rings. The minimum atomic E-state index is -0.346. The van der Waals surface area contributed by atoms with Crippen molar-refractivity contribution in [2.75, 3.05) is 6.54 Å². The van der Waals surface area contributed by atoms with Gasteiger partial charge in [0.25, 0.3) is 5.56 Å². The highest BCUT2D eigenvalue weighted by atomic mass is 35.5. The van der Waals surface area contributed by atoms with Crippen molar-refractivity contribution in [2.24, 2.45) is 11.7 Å². The van der Waals surface area contributed by atoms with Gasteiger partial charge in [-0.1, -0.05) is 6.92 Å². The molecule has 0 fully saturated rings. The Balaban J connectivity index is 0.00000176. The number of rotatable bonds is 3. The first-order valence-electron chi connectivity index (χ1n) is 6.89. The van der Waals surface area contributed by atoms with Gasteiger partial charge >= 0.3 is 0 Å². The van der Waals surface area contributed by atoms with E-state index in [1.807, 2.05) is 6.92 Å². The zero-order valence-electron chi connectivity index (χ0n) is 12.4. The second-order valence-corrected chi connectivity index (χ2v) is 5.49. The number of pyridine rings is 1. The highest BCUT2D eigenvalue weighted by Gasteiger charge is 2.16. The SMILES string of the molecule is Cc1[nH]nc2c1c(=O)n(CC(C)CN)c1ccc(F)cc21.Cl. The predicted molar refractivity (Wildman–Crippen MR) is 88.0 cm³/mol. The Hall–Kier alpha value is -1.92. The lowest BCUT2D eigenvalue weighted by Crippen LogP contribution is -2.27. The first-order valence-corrected chi connectivity index (χ1v) is 6.89. The summed E-state index contributed by atoms with van der Waals surface area (Å²) in [6, 6.07) is 4.40. The molecule has 7 heteroatoms. The van der Waals surface area contributed by atoms with Gasteiger partial charge in [0.1, 0.15) is 11.3 Å². The van der Waals surface area contributed by atoms with E-state index in [1.54, 1.807) is 17.6 Å². The van der Waals surface area contributed by atoms with Gasteiger partial charge in [-0.05, 0) is 37.6 Å². The van der Waals surface area contributed by atoms with Crippen LogP contribution in [0.1, 0.15) is 12.6 Å². The molecule has 1 atom stereocenters. The van der Waals surface area contributed by atoms with Gasteiger partial charge in [-0.25, -0.2) is 4.39 Å². The van der Waals surface area contributed by atoms with Crippen LogP contribution in [0.15, 0.2) is 23.0 Å². The van der Waals surface area contributed by atoms with Crippen LogP contribution in [-0.2, 0) is 6.54 Å². The quantitative estimate of drug-likeness (QED) is 0.776. The number of nitrogens with two attached hydrogens (primary N) is 1. The molecule has 0 saturated heterocycles. The Bertz CT molecular complexity index is 886. The molecule has 2 heterocycles. The van der Waals surface area contributed by atoms with Gasteiger partial charge in [0.15, 0.2) is 0 Å². The number of halogens is 2. The summed E-state index contributed by atoms with van der Waals surface area (Å²) >= 11 is 0. The lowest BCUT2D eigenvalue weighted by Gasteiger charge is -2.15. The number of fused-ring (bicyclic) bond motifs is 3. The van der Waals surface area contributed by atoms with Gasteiger partial charge in [-0.15, -0.1) is 12.4 Å². The van der Waals surface area contributed by atoms with Crippen molar-refractivity contribution in [3.63, 3.8) is 0 Å². The minimum absolute atomic E-state index is 0. The maximum atomic E-state index is 13.6. The van der Waals surface area contributed by atoms with Crippen LogP contribution in [0.25, 0.3) is 21.8 Å². The number of nitrogens with one attached hydrogen (secondary N) is 1. The van der Waals surface area contributed by atoms with Crippen LogP contribution in [0.4, 0.5) is 4.39 Å². The third-order valence-corrected chi connectivity index (χ3v) is 3.81. The smallest absolute Gasteiger partial charge is 0.262 e. The van der Waals surface area contributed by atoms with Crippen molar-refractivity contribution in [1.82, 2.24) is 14.8 Å². The maximum Gasteiger partial charge on any atom is 0.262 e. The summed E-state index contributed by atoms with van der Waals surface area (Å²) in [6.45, 7) is 4.75. The van der Waals surface area contributed by atoms with Crippen molar-refractivity contribution in [3.8, 4) is 0 Å². The number of aromatic nitrogens is 3. The number of H-pyrrole nitrogens is 1. The third kappa shape index (κ3) is 2.48. The molecular formula is C15H18ClFN4O. The summed E-state index contributed by atoms with van der Waals surface area (Å²) in [5.74, 6) is -0.192. The first-order chi connectivity index (χ1) is 10.0. The second kappa shape index (κ2) is 6.06. The Morgan fingerprint density at radius 3 is 2.86 bits per heavy atom.